The first-order valence-electron chi connectivity index (χ1n) is 7.22. The van der Waals surface area contributed by atoms with Crippen LogP contribution < -0.4 is 0 Å². The zero-order valence-corrected chi connectivity index (χ0v) is 13.0. The predicted octanol–water partition coefficient (Wildman–Crippen LogP) is 1.70. The third kappa shape index (κ3) is 5.00. The van der Waals surface area contributed by atoms with Crippen LogP contribution in [0.3, 0.4) is 0 Å². The summed E-state index contributed by atoms with van der Waals surface area (Å²) in [6.07, 6.45) is -2.98. The third-order valence-electron chi connectivity index (χ3n) is 2.40. The van der Waals surface area contributed by atoms with Crippen LogP contribution in [0, 0.1) is 0 Å². The Kier molecular flexibility index (Phi) is 4.22. The second kappa shape index (κ2) is 5.60. The van der Waals surface area contributed by atoms with E-state index in [1.807, 2.05) is 0 Å². The van der Waals surface area contributed by atoms with E-state index >= 15 is 0 Å². The molecule has 1 rings (SSSR count). The normalized spacial score (nSPS) is 28.1. The number of hydrogen-bond donors (Lipinski definition) is 1. The summed E-state index contributed by atoms with van der Waals surface area (Å²) in [5.41, 5.74) is -1.45. The molecule has 3 atom stereocenters. The van der Waals surface area contributed by atoms with Gasteiger partial charge in [0.2, 0.25) is 0 Å². The van der Waals surface area contributed by atoms with Crippen LogP contribution in [-0.4, -0.2) is 52.0 Å². The first kappa shape index (κ1) is 15.1. The summed E-state index contributed by atoms with van der Waals surface area (Å²) < 4.78 is 18.3. The van der Waals surface area contributed by atoms with E-state index in [-0.39, 0.29) is 6.54 Å². The van der Waals surface area contributed by atoms with Crippen molar-refractivity contribution in [2.45, 2.75) is 71.3 Å². The molecule has 1 fully saturated rings. The number of esters is 1. The molecule has 1 heterocycles. The summed E-state index contributed by atoms with van der Waals surface area (Å²) >= 11 is 0. The number of aliphatic hydroxyl groups is 1. The topological polar surface area (TPSA) is 76.1 Å². The molecule has 0 radical (unpaired) electrons. The molecule has 1 N–H and O–H groups in total. The van der Waals surface area contributed by atoms with E-state index in [0.29, 0.717) is 0 Å². The van der Waals surface area contributed by atoms with Gasteiger partial charge in [0.15, 0.2) is 0 Å². The number of rotatable bonds is 1. The van der Waals surface area contributed by atoms with Gasteiger partial charge in [-0.15, -0.1) is 0 Å². The van der Waals surface area contributed by atoms with Crippen molar-refractivity contribution < 1.29 is 25.5 Å². The number of likely N-dealkylation sites (tertiary alicyclic amines) is 1. The van der Waals surface area contributed by atoms with E-state index in [9.17, 15) is 14.7 Å². The monoisotopic (exact) mass is 288 g/mol. The molecule has 116 valence electrons. The number of amides is 1. The summed E-state index contributed by atoms with van der Waals surface area (Å²) in [6, 6.07) is -1.16. The molecule has 0 bridgehead atoms. The second-order valence-corrected chi connectivity index (χ2v) is 6.87. The highest BCUT2D eigenvalue weighted by atomic mass is 16.6. The number of hydrogen-bond acceptors (Lipinski definition) is 5. The van der Waals surface area contributed by atoms with Gasteiger partial charge in [-0.2, -0.15) is 0 Å². The SMILES string of the molecule is [2H][C@H]1[C@H](O)CN(C(=O)OC(C)(C)C)[C@@H]1C(=O)OC(C)(C)C. The van der Waals surface area contributed by atoms with Crippen molar-refractivity contribution in [2.24, 2.45) is 0 Å². The van der Waals surface area contributed by atoms with Gasteiger partial charge >= 0.3 is 12.1 Å². The van der Waals surface area contributed by atoms with Gasteiger partial charge in [-0.25, -0.2) is 9.59 Å². The maximum Gasteiger partial charge on any atom is 0.411 e. The van der Waals surface area contributed by atoms with Crippen molar-refractivity contribution in [1.29, 1.82) is 0 Å². The summed E-state index contributed by atoms with van der Waals surface area (Å²) in [4.78, 5) is 25.4. The van der Waals surface area contributed by atoms with Crippen LogP contribution in [0.2, 0.25) is 0 Å². The fourth-order valence-corrected chi connectivity index (χ4v) is 1.77. The van der Waals surface area contributed by atoms with E-state index in [4.69, 9.17) is 10.8 Å². The van der Waals surface area contributed by atoms with Crippen LogP contribution in [0.1, 0.15) is 49.3 Å². The first-order chi connectivity index (χ1) is 9.32. The van der Waals surface area contributed by atoms with Gasteiger partial charge in [-0.1, -0.05) is 0 Å². The number of carbonyl (C=O) groups excluding carboxylic acids is 2. The summed E-state index contributed by atoms with van der Waals surface area (Å²) in [6.45, 7) is 10.1. The molecular formula is C14H25NO5. The molecule has 1 aliphatic heterocycles. The first-order valence-corrected chi connectivity index (χ1v) is 6.64. The minimum atomic E-state index is -1.16. The van der Waals surface area contributed by atoms with Gasteiger partial charge in [-0.3, -0.25) is 4.90 Å². The Morgan fingerprint density at radius 2 is 1.65 bits per heavy atom. The molecule has 0 aliphatic carbocycles. The van der Waals surface area contributed by atoms with Crippen molar-refractivity contribution >= 4 is 12.1 Å². The minimum absolute atomic E-state index is 0.118. The average Bonchev–Trinajstić information content (AvgIpc) is 2.50. The van der Waals surface area contributed by atoms with Crippen molar-refractivity contribution in [3.8, 4) is 0 Å². The number of aliphatic hydroxyl groups excluding tert-OH is 1. The largest absolute Gasteiger partial charge is 0.458 e. The van der Waals surface area contributed by atoms with Crippen LogP contribution in [0.4, 0.5) is 4.79 Å². The van der Waals surface area contributed by atoms with Crippen molar-refractivity contribution in [3.63, 3.8) is 0 Å². The summed E-state index contributed by atoms with van der Waals surface area (Å²) in [7, 11) is 0. The Morgan fingerprint density at radius 3 is 2.10 bits per heavy atom. The maximum atomic E-state index is 12.2. The molecule has 0 aromatic heterocycles. The lowest BCUT2D eigenvalue weighted by Crippen LogP contribution is -2.45. The molecule has 1 aliphatic rings. The molecule has 6 heteroatoms. The molecule has 20 heavy (non-hydrogen) atoms. The zero-order valence-electron chi connectivity index (χ0n) is 14.0. The molecule has 6 nitrogen and oxygen atoms in total. The Balaban J connectivity index is 2.91. The highest BCUT2D eigenvalue weighted by Crippen LogP contribution is 2.24. The van der Waals surface area contributed by atoms with Crippen LogP contribution in [0.15, 0.2) is 0 Å². The smallest absolute Gasteiger partial charge is 0.411 e. The van der Waals surface area contributed by atoms with E-state index in [1.165, 1.54) is 0 Å². The lowest BCUT2D eigenvalue weighted by atomic mass is 10.1. The fraction of sp³-hybridized carbons (Fsp3) is 0.857. The van der Waals surface area contributed by atoms with Gasteiger partial charge in [0.05, 0.1) is 12.6 Å². The van der Waals surface area contributed by atoms with E-state index < -0.39 is 41.8 Å². The fourth-order valence-electron chi connectivity index (χ4n) is 1.77. The van der Waals surface area contributed by atoms with Crippen LogP contribution in [-0.2, 0) is 14.3 Å². The van der Waals surface area contributed by atoms with Crippen LogP contribution in [0.25, 0.3) is 0 Å². The van der Waals surface area contributed by atoms with Gasteiger partial charge in [-0.05, 0) is 41.5 Å². The van der Waals surface area contributed by atoms with E-state index in [1.54, 1.807) is 41.5 Å². The molecular weight excluding hydrogens is 262 g/mol. The highest BCUT2D eigenvalue weighted by molar-refractivity contribution is 5.82. The third-order valence-corrected chi connectivity index (χ3v) is 2.40. The van der Waals surface area contributed by atoms with Gasteiger partial charge in [0.1, 0.15) is 17.2 Å². The lowest BCUT2D eigenvalue weighted by Gasteiger charge is -2.29. The van der Waals surface area contributed by atoms with Crippen LogP contribution in [0.5, 0.6) is 0 Å². The second-order valence-electron chi connectivity index (χ2n) is 6.87. The number of β-amino-alcohol motifs (C(OH)–C–C–N with tert-alkyl or cyclic N) is 1. The number of nitrogens with zero attached hydrogens (tertiary/aromatic N) is 1. The molecule has 0 aromatic rings. The van der Waals surface area contributed by atoms with E-state index in [0.717, 1.165) is 4.90 Å². The van der Waals surface area contributed by atoms with Crippen molar-refractivity contribution in [3.05, 3.63) is 0 Å². The predicted molar refractivity (Wildman–Crippen MR) is 73.2 cm³/mol. The molecule has 0 spiro atoms. The molecule has 0 aromatic carbocycles. The molecule has 0 saturated carbocycles. The number of ether oxygens (including phenoxy) is 2. The van der Waals surface area contributed by atoms with Crippen molar-refractivity contribution in [1.82, 2.24) is 4.90 Å². The molecule has 1 amide bonds. The Bertz CT molecular complexity index is 413. The van der Waals surface area contributed by atoms with E-state index in [2.05, 4.69) is 0 Å². The van der Waals surface area contributed by atoms with Gasteiger partial charge in [0, 0.05) is 7.77 Å². The molecule has 1 saturated heterocycles. The average molecular weight is 288 g/mol. The maximum absolute atomic E-state index is 12.2. The Labute approximate surface area is 121 Å². The van der Waals surface area contributed by atoms with Gasteiger partial charge < -0.3 is 14.6 Å². The highest BCUT2D eigenvalue weighted by Gasteiger charge is 2.42. The zero-order chi connectivity index (χ0) is 16.6. The van der Waals surface area contributed by atoms with Crippen LogP contribution >= 0.6 is 0 Å². The van der Waals surface area contributed by atoms with Gasteiger partial charge in [0.25, 0.3) is 0 Å². The Hall–Kier alpha value is -1.30. The lowest BCUT2D eigenvalue weighted by molar-refractivity contribution is -0.160. The Morgan fingerprint density at radius 1 is 1.15 bits per heavy atom. The number of carbonyl (C=O) groups is 2. The quantitative estimate of drug-likeness (QED) is 0.743. The standard InChI is InChI=1S/C14H25NO5/c1-13(2,3)19-11(17)10-7-9(16)8-15(10)12(18)20-14(4,5)6/h9-10,16H,7-8H2,1-6H3/t9-,10-/m0/s1/i7D/t7-,9-,10-. The molecule has 0 unspecified atom stereocenters. The van der Waals surface area contributed by atoms with Crippen molar-refractivity contribution in [2.75, 3.05) is 6.54 Å². The summed E-state index contributed by atoms with van der Waals surface area (Å²) in [5, 5.41) is 9.79. The summed E-state index contributed by atoms with van der Waals surface area (Å²) in [5.74, 6) is -0.704. The minimum Gasteiger partial charge on any atom is -0.458 e.